The van der Waals surface area contributed by atoms with Crippen molar-refractivity contribution in [3.05, 3.63) is 52.5 Å². The molecule has 1 atom stereocenters. The van der Waals surface area contributed by atoms with E-state index in [0.29, 0.717) is 44.0 Å². The summed E-state index contributed by atoms with van der Waals surface area (Å²) in [5.74, 6) is 2.27. The lowest BCUT2D eigenvalue weighted by Gasteiger charge is -2.27. The van der Waals surface area contributed by atoms with Crippen LogP contribution in [-0.2, 0) is 22.3 Å². The summed E-state index contributed by atoms with van der Waals surface area (Å²) in [5, 5.41) is 3.48. The lowest BCUT2D eigenvalue weighted by atomic mass is 10.1. The fraction of sp³-hybridized carbons (Fsp3) is 0.480. The zero-order chi connectivity index (χ0) is 22.6. The van der Waals surface area contributed by atoms with E-state index in [1.54, 1.807) is 7.11 Å². The number of carbonyl (C=O) groups excluding carboxylic acids is 1. The molecular formula is C25H30N4O4. The third kappa shape index (κ3) is 4.86. The molecule has 0 radical (unpaired) electrons. The highest BCUT2D eigenvalue weighted by Crippen LogP contribution is 2.28. The summed E-state index contributed by atoms with van der Waals surface area (Å²) in [5.41, 5.74) is 3.67. The maximum atomic E-state index is 12.9. The molecule has 0 bridgehead atoms. The van der Waals surface area contributed by atoms with Gasteiger partial charge in [-0.2, -0.15) is 0 Å². The van der Waals surface area contributed by atoms with Gasteiger partial charge in [0.05, 0.1) is 32.1 Å². The fourth-order valence-corrected chi connectivity index (χ4v) is 4.56. The Morgan fingerprint density at radius 3 is 2.91 bits per heavy atom. The Kier molecular flexibility index (Phi) is 6.55. The van der Waals surface area contributed by atoms with Crippen molar-refractivity contribution in [2.24, 2.45) is 0 Å². The lowest BCUT2D eigenvalue weighted by Crippen LogP contribution is -2.40. The molecular weight excluding hydrogens is 420 g/mol. The van der Waals surface area contributed by atoms with Crippen molar-refractivity contribution in [2.75, 3.05) is 51.9 Å². The largest absolute Gasteiger partial charge is 0.496 e. The van der Waals surface area contributed by atoms with Gasteiger partial charge in [0, 0.05) is 55.8 Å². The normalized spacial score (nSPS) is 19.5. The molecule has 2 aliphatic heterocycles. The number of methoxy groups -OCH3 is 1. The Bertz CT molecular complexity index is 1040. The first-order valence-electron chi connectivity index (χ1n) is 11.7. The summed E-state index contributed by atoms with van der Waals surface area (Å²) in [6, 6.07) is 5.63. The van der Waals surface area contributed by atoms with Crippen LogP contribution in [0.2, 0.25) is 0 Å². The van der Waals surface area contributed by atoms with Crippen molar-refractivity contribution in [3.8, 4) is 5.75 Å². The third-order valence-corrected chi connectivity index (χ3v) is 6.37. The van der Waals surface area contributed by atoms with Crippen LogP contribution in [-0.4, -0.2) is 73.4 Å². The molecule has 1 aliphatic carbocycles. The van der Waals surface area contributed by atoms with E-state index in [2.05, 4.69) is 17.5 Å². The average molecular weight is 451 g/mol. The Morgan fingerprint density at radius 1 is 1.24 bits per heavy atom. The Morgan fingerprint density at radius 2 is 2.12 bits per heavy atom. The monoisotopic (exact) mass is 450 g/mol. The van der Waals surface area contributed by atoms with Crippen LogP contribution in [0.5, 0.6) is 5.75 Å². The fourth-order valence-electron chi connectivity index (χ4n) is 4.56. The second-order valence-electron chi connectivity index (χ2n) is 8.58. The van der Waals surface area contributed by atoms with Crippen LogP contribution in [0.4, 0.5) is 5.82 Å². The minimum atomic E-state index is 0.00335. The van der Waals surface area contributed by atoms with Crippen LogP contribution >= 0.6 is 0 Å². The molecule has 3 aliphatic rings. The molecule has 2 fully saturated rings. The number of morpholine rings is 1. The van der Waals surface area contributed by atoms with Gasteiger partial charge < -0.3 is 24.4 Å². The molecule has 2 saturated heterocycles. The maximum Gasteiger partial charge on any atom is 0.254 e. The van der Waals surface area contributed by atoms with Gasteiger partial charge in [-0.15, -0.1) is 0 Å². The summed E-state index contributed by atoms with van der Waals surface area (Å²) in [7, 11) is 1.63. The van der Waals surface area contributed by atoms with Crippen molar-refractivity contribution < 1.29 is 19.0 Å². The minimum absolute atomic E-state index is 0.00335. The minimum Gasteiger partial charge on any atom is -0.496 e. The van der Waals surface area contributed by atoms with E-state index in [9.17, 15) is 4.79 Å². The van der Waals surface area contributed by atoms with Crippen LogP contribution in [0, 0.1) is 0 Å². The maximum absolute atomic E-state index is 12.9. The molecule has 2 aromatic rings. The lowest BCUT2D eigenvalue weighted by molar-refractivity contribution is 0.0302. The van der Waals surface area contributed by atoms with Crippen molar-refractivity contribution >= 4 is 17.8 Å². The average Bonchev–Trinajstić information content (AvgIpc) is 3.55. The van der Waals surface area contributed by atoms with Crippen molar-refractivity contribution in [1.82, 2.24) is 14.9 Å². The van der Waals surface area contributed by atoms with Crippen LogP contribution < -0.4 is 10.1 Å². The SMILES string of the molecule is COc1cc(C(=O)N2CCOCC2)ccc1Cc1nc2c(c(NCC3CCCO3)n1)C=CC2. The van der Waals surface area contributed by atoms with Crippen molar-refractivity contribution in [3.63, 3.8) is 0 Å². The van der Waals surface area contributed by atoms with Crippen LogP contribution in [0.1, 0.15) is 45.8 Å². The first-order valence-corrected chi connectivity index (χ1v) is 11.7. The first-order chi connectivity index (χ1) is 16.2. The third-order valence-electron chi connectivity index (χ3n) is 6.37. The number of ether oxygens (including phenoxy) is 3. The molecule has 3 heterocycles. The molecule has 5 rings (SSSR count). The van der Waals surface area contributed by atoms with Gasteiger partial charge in [-0.25, -0.2) is 9.97 Å². The molecule has 8 heteroatoms. The number of rotatable bonds is 7. The van der Waals surface area contributed by atoms with Gasteiger partial charge in [0.25, 0.3) is 5.91 Å². The zero-order valence-corrected chi connectivity index (χ0v) is 19.0. The summed E-state index contributed by atoms with van der Waals surface area (Å²) in [6.45, 7) is 3.97. The summed E-state index contributed by atoms with van der Waals surface area (Å²) in [4.78, 5) is 24.3. The zero-order valence-electron chi connectivity index (χ0n) is 19.0. The number of hydrogen-bond acceptors (Lipinski definition) is 7. The predicted octanol–water partition coefficient (Wildman–Crippen LogP) is 2.71. The van der Waals surface area contributed by atoms with Gasteiger partial charge in [-0.3, -0.25) is 4.79 Å². The molecule has 1 unspecified atom stereocenters. The highest BCUT2D eigenvalue weighted by Gasteiger charge is 2.22. The Labute approximate surface area is 194 Å². The van der Waals surface area contributed by atoms with E-state index in [0.717, 1.165) is 60.9 Å². The van der Waals surface area contributed by atoms with E-state index in [1.807, 2.05) is 23.1 Å². The summed E-state index contributed by atoms with van der Waals surface area (Å²) >= 11 is 0. The molecule has 8 nitrogen and oxygen atoms in total. The number of carbonyl (C=O) groups is 1. The summed E-state index contributed by atoms with van der Waals surface area (Å²) in [6.07, 6.45) is 7.97. The molecule has 1 amide bonds. The number of fused-ring (bicyclic) bond motifs is 1. The number of aromatic nitrogens is 2. The van der Waals surface area contributed by atoms with Gasteiger partial charge in [0.1, 0.15) is 17.4 Å². The van der Waals surface area contributed by atoms with Gasteiger partial charge in [0.2, 0.25) is 0 Å². The Hall–Kier alpha value is -2.97. The quantitative estimate of drug-likeness (QED) is 0.694. The molecule has 0 saturated carbocycles. The van der Waals surface area contributed by atoms with E-state index in [4.69, 9.17) is 24.2 Å². The molecule has 33 heavy (non-hydrogen) atoms. The van der Waals surface area contributed by atoms with E-state index in [-0.39, 0.29) is 12.0 Å². The number of nitrogens with one attached hydrogen (secondary N) is 1. The van der Waals surface area contributed by atoms with Gasteiger partial charge in [0.15, 0.2) is 0 Å². The van der Waals surface area contributed by atoms with Crippen LogP contribution in [0.3, 0.4) is 0 Å². The first kappa shape index (κ1) is 21.9. The topological polar surface area (TPSA) is 85.8 Å². The second-order valence-corrected chi connectivity index (χ2v) is 8.58. The number of amides is 1. The van der Waals surface area contributed by atoms with E-state index < -0.39 is 0 Å². The van der Waals surface area contributed by atoms with Crippen molar-refractivity contribution in [2.45, 2.75) is 31.8 Å². The second kappa shape index (κ2) is 9.89. The molecule has 1 aromatic heterocycles. The predicted molar refractivity (Wildman–Crippen MR) is 125 cm³/mol. The van der Waals surface area contributed by atoms with Gasteiger partial charge in [-0.05, 0) is 25.0 Å². The number of allylic oxidation sites excluding steroid dienone is 1. The van der Waals surface area contributed by atoms with Crippen LogP contribution in [0.25, 0.3) is 6.08 Å². The van der Waals surface area contributed by atoms with Gasteiger partial charge in [-0.1, -0.05) is 18.2 Å². The molecule has 174 valence electrons. The molecule has 1 aromatic carbocycles. The number of benzene rings is 1. The molecule has 1 N–H and O–H groups in total. The van der Waals surface area contributed by atoms with Gasteiger partial charge >= 0.3 is 0 Å². The smallest absolute Gasteiger partial charge is 0.254 e. The standard InChI is InChI=1S/C25H30N4O4/c1-31-22-14-18(25(30)29-9-12-32-13-10-29)8-7-17(22)15-23-27-21-6-2-5-20(21)24(28-23)26-16-19-4-3-11-33-19/h2,5,7-8,14,19H,3-4,6,9-13,15-16H2,1H3,(H,26,27,28). The van der Waals surface area contributed by atoms with Crippen molar-refractivity contribution in [1.29, 1.82) is 0 Å². The van der Waals surface area contributed by atoms with E-state index >= 15 is 0 Å². The molecule has 0 spiro atoms. The summed E-state index contributed by atoms with van der Waals surface area (Å²) < 4.78 is 16.7. The number of hydrogen-bond donors (Lipinski definition) is 1. The number of anilines is 1. The highest BCUT2D eigenvalue weighted by atomic mass is 16.5. The van der Waals surface area contributed by atoms with E-state index in [1.165, 1.54) is 0 Å². The number of nitrogens with zero attached hydrogens (tertiary/aromatic N) is 3. The highest BCUT2D eigenvalue weighted by molar-refractivity contribution is 5.94. The van der Waals surface area contributed by atoms with Crippen LogP contribution in [0.15, 0.2) is 24.3 Å². The Balaban J connectivity index is 1.35.